The smallest absolute Gasteiger partial charge is 0.265 e. The standard InChI is InChI=1S/C21H19ClN6O3S/c1-14-23-9-10-28(14)21-12-20(24-13-25-21)26-16-4-6-17(7-5-16)27-32(29,30)19-11-15(22)3-8-18(19)31-2/h3-13,27H,1-2H3,(H,24,25,26). The fraction of sp³-hybridized carbons (Fsp3) is 0.0952. The molecule has 0 saturated carbocycles. The van der Waals surface area contributed by atoms with Crippen molar-refractivity contribution in [2.24, 2.45) is 0 Å². The van der Waals surface area contributed by atoms with Crippen LogP contribution in [0.4, 0.5) is 17.2 Å². The van der Waals surface area contributed by atoms with Gasteiger partial charge in [-0.25, -0.2) is 23.4 Å². The number of nitrogens with one attached hydrogen (secondary N) is 2. The van der Waals surface area contributed by atoms with Crippen LogP contribution in [0.3, 0.4) is 0 Å². The van der Waals surface area contributed by atoms with Gasteiger partial charge in [-0.15, -0.1) is 0 Å². The van der Waals surface area contributed by atoms with Gasteiger partial charge in [0.2, 0.25) is 0 Å². The summed E-state index contributed by atoms with van der Waals surface area (Å²) >= 11 is 5.96. The number of benzene rings is 2. The molecule has 2 aromatic carbocycles. The summed E-state index contributed by atoms with van der Waals surface area (Å²) < 4.78 is 35.1. The van der Waals surface area contributed by atoms with E-state index in [0.717, 1.165) is 11.5 Å². The monoisotopic (exact) mass is 470 g/mol. The quantitative estimate of drug-likeness (QED) is 0.416. The lowest BCUT2D eigenvalue weighted by atomic mass is 10.3. The van der Waals surface area contributed by atoms with Gasteiger partial charge in [-0.2, -0.15) is 0 Å². The van der Waals surface area contributed by atoms with E-state index in [1.165, 1.54) is 25.6 Å². The van der Waals surface area contributed by atoms with Crippen molar-refractivity contribution < 1.29 is 13.2 Å². The number of aromatic nitrogens is 4. The number of hydrogen-bond donors (Lipinski definition) is 2. The Bertz CT molecular complexity index is 1360. The van der Waals surface area contributed by atoms with Gasteiger partial charge in [-0.1, -0.05) is 11.6 Å². The van der Waals surface area contributed by atoms with Crippen molar-refractivity contribution in [3.8, 4) is 11.6 Å². The Morgan fingerprint density at radius 3 is 2.44 bits per heavy atom. The maximum Gasteiger partial charge on any atom is 0.265 e. The summed E-state index contributed by atoms with van der Waals surface area (Å²) in [4.78, 5) is 12.6. The molecule has 164 valence electrons. The lowest BCUT2D eigenvalue weighted by Gasteiger charge is -2.13. The van der Waals surface area contributed by atoms with E-state index in [1.54, 1.807) is 42.6 Å². The van der Waals surface area contributed by atoms with E-state index in [-0.39, 0.29) is 10.6 Å². The maximum atomic E-state index is 12.8. The molecule has 32 heavy (non-hydrogen) atoms. The fourth-order valence-corrected chi connectivity index (χ4v) is 4.50. The molecule has 0 radical (unpaired) electrons. The first-order valence-corrected chi connectivity index (χ1v) is 11.3. The van der Waals surface area contributed by atoms with E-state index in [1.807, 2.05) is 17.7 Å². The van der Waals surface area contributed by atoms with Crippen molar-refractivity contribution >= 4 is 38.8 Å². The number of anilines is 3. The fourth-order valence-electron chi connectivity index (χ4n) is 3.01. The van der Waals surface area contributed by atoms with E-state index in [2.05, 4.69) is 25.0 Å². The maximum absolute atomic E-state index is 12.8. The molecular weight excluding hydrogens is 452 g/mol. The van der Waals surface area contributed by atoms with Gasteiger partial charge in [0.15, 0.2) is 0 Å². The molecule has 0 bridgehead atoms. The number of hydrogen-bond acceptors (Lipinski definition) is 7. The zero-order valence-electron chi connectivity index (χ0n) is 17.2. The number of imidazole rings is 1. The first kappa shape index (κ1) is 21.6. The number of nitrogens with zero attached hydrogens (tertiary/aromatic N) is 4. The number of rotatable bonds is 7. The van der Waals surface area contributed by atoms with Gasteiger partial charge in [0.25, 0.3) is 10.0 Å². The number of aryl methyl sites for hydroxylation is 1. The number of halogens is 1. The first-order valence-electron chi connectivity index (χ1n) is 9.41. The molecule has 0 atom stereocenters. The predicted octanol–water partition coefficient (Wildman–Crippen LogP) is 4.18. The van der Waals surface area contributed by atoms with Crippen LogP contribution >= 0.6 is 11.6 Å². The molecule has 0 spiro atoms. The molecule has 0 aliphatic heterocycles. The molecule has 0 aliphatic carbocycles. The SMILES string of the molecule is COc1ccc(Cl)cc1S(=O)(=O)Nc1ccc(Nc2cc(-n3ccnc3C)ncn2)cc1. The van der Waals surface area contributed by atoms with Gasteiger partial charge in [0.05, 0.1) is 7.11 Å². The van der Waals surface area contributed by atoms with Crippen LogP contribution in [0, 0.1) is 6.92 Å². The van der Waals surface area contributed by atoms with Gasteiger partial charge in [0.1, 0.15) is 34.4 Å². The Hall–Kier alpha value is -3.63. The molecule has 9 nitrogen and oxygen atoms in total. The average molecular weight is 471 g/mol. The van der Waals surface area contributed by atoms with E-state index in [9.17, 15) is 8.42 Å². The highest BCUT2D eigenvalue weighted by Gasteiger charge is 2.20. The summed E-state index contributed by atoms with van der Waals surface area (Å²) in [5.74, 6) is 2.27. The summed E-state index contributed by atoms with van der Waals surface area (Å²) in [6.07, 6.45) is 4.97. The van der Waals surface area contributed by atoms with Crippen molar-refractivity contribution in [1.29, 1.82) is 0 Å². The molecule has 4 rings (SSSR count). The largest absolute Gasteiger partial charge is 0.495 e. The van der Waals surface area contributed by atoms with Crippen LogP contribution in [-0.4, -0.2) is 35.0 Å². The van der Waals surface area contributed by atoms with Crippen molar-refractivity contribution in [1.82, 2.24) is 19.5 Å². The summed E-state index contributed by atoms with van der Waals surface area (Å²) in [5, 5.41) is 3.47. The van der Waals surface area contributed by atoms with Crippen LogP contribution in [0.15, 0.2) is 72.1 Å². The zero-order valence-corrected chi connectivity index (χ0v) is 18.7. The van der Waals surface area contributed by atoms with E-state index < -0.39 is 10.0 Å². The third-order valence-corrected chi connectivity index (χ3v) is 6.19. The molecular formula is C21H19ClN6O3S. The third kappa shape index (κ3) is 4.66. The van der Waals surface area contributed by atoms with E-state index in [4.69, 9.17) is 16.3 Å². The van der Waals surface area contributed by atoms with Gasteiger partial charge >= 0.3 is 0 Å². The number of sulfonamides is 1. The molecule has 0 fully saturated rings. The van der Waals surface area contributed by atoms with Gasteiger partial charge in [0, 0.05) is 34.9 Å². The number of ether oxygens (including phenoxy) is 1. The van der Waals surface area contributed by atoms with Crippen LogP contribution in [0.5, 0.6) is 5.75 Å². The molecule has 0 unspecified atom stereocenters. The Morgan fingerprint density at radius 1 is 1.00 bits per heavy atom. The lowest BCUT2D eigenvalue weighted by Crippen LogP contribution is -2.14. The van der Waals surface area contributed by atoms with Crippen LogP contribution in [0.2, 0.25) is 5.02 Å². The molecule has 0 saturated heterocycles. The Balaban J connectivity index is 1.51. The lowest BCUT2D eigenvalue weighted by molar-refractivity contribution is 0.403. The van der Waals surface area contributed by atoms with Crippen LogP contribution in [0.25, 0.3) is 5.82 Å². The van der Waals surface area contributed by atoms with E-state index in [0.29, 0.717) is 22.3 Å². The van der Waals surface area contributed by atoms with Crippen LogP contribution in [-0.2, 0) is 10.0 Å². The van der Waals surface area contributed by atoms with Gasteiger partial charge in [-0.05, 0) is 49.4 Å². The van der Waals surface area contributed by atoms with Crippen LogP contribution < -0.4 is 14.8 Å². The topological polar surface area (TPSA) is 111 Å². The number of methoxy groups -OCH3 is 1. The molecule has 2 N–H and O–H groups in total. The third-order valence-electron chi connectivity index (χ3n) is 4.55. The summed E-state index contributed by atoms with van der Waals surface area (Å²) in [6.45, 7) is 1.88. The van der Waals surface area contributed by atoms with Gasteiger partial charge in [-0.3, -0.25) is 9.29 Å². The minimum atomic E-state index is -3.89. The predicted molar refractivity (Wildman–Crippen MR) is 122 cm³/mol. The highest BCUT2D eigenvalue weighted by Crippen LogP contribution is 2.29. The molecule has 0 aliphatic rings. The first-order chi connectivity index (χ1) is 15.4. The highest BCUT2D eigenvalue weighted by molar-refractivity contribution is 7.92. The van der Waals surface area contributed by atoms with Crippen molar-refractivity contribution in [3.63, 3.8) is 0 Å². The zero-order chi connectivity index (χ0) is 22.7. The molecule has 2 heterocycles. The Kier molecular flexibility index (Phi) is 5.97. The Morgan fingerprint density at radius 2 is 1.75 bits per heavy atom. The molecule has 2 aromatic heterocycles. The second kappa shape index (κ2) is 8.85. The van der Waals surface area contributed by atoms with Crippen molar-refractivity contribution in [2.45, 2.75) is 11.8 Å². The van der Waals surface area contributed by atoms with Gasteiger partial charge < -0.3 is 10.1 Å². The minimum absolute atomic E-state index is 0.0435. The summed E-state index contributed by atoms with van der Waals surface area (Å²) in [7, 11) is -2.50. The van der Waals surface area contributed by atoms with Crippen LogP contribution in [0.1, 0.15) is 5.82 Å². The van der Waals surface area contributed by atoms with Crippen molar-refractivity contribution in [3.05, 3.63) is 78.1 Å². The second-order valence-electron chi connectivity index (χ2n) is 6.71. The Labute approximate surface area is 190 Å². The average Bonchev–Trinajstić information content (AvgIpc) is 3.21. The highest BCUT2D eigenvalue weighted by atomic mass is 35.5. The normalized spacial score (nSPS) is 11.2. The molecule has 4 aromatic rings. The summed E-state index contributed by atoms with van der Waals surface area (Å²) in [6, 6.07) is 12.9. The molecule has 0 amide bonds. The molecule has 11 heteroatoms. The van der Waals surface area contributed by atoms with E-state index >= 15 is 0 Å². The second-order valence-corrected chi connectivity index (χ2v) is 8.80. The summed E-state index contributed by atoms with van der Waals surface area (Å²) in [5.41, 5.74) is 1.11. The van der Waals surface area contributed by atoms with Crippen molar-refractivity contribution in [2.75, 3.05) is 17.1 Å². The minimum Gasteiger partial charge on any atom is -0.495 e.